The molecule has 15 heavy (non-hydrogen) atoms. The van der Waals surface area contributed by atoms with E-state index in [-0.39, 0.29) is 11.9 Å². The van der Waals surface area contributed by atoms with E-state index in [1.54, 1.807) is 6.07 Å². The van der Waals surface area contributed by atoms with Gasteiger partial charge in [0.05, 0.1) is 0 Å². The Bertz CT molecular complexity index is 356. The van der Waals surface area contributed by atoms with Crippen LogP contribution in [-0.4, -0.2) is 24.3 Å². The van der Waals surface area contributed by atoms with E-state index in [4.69, 9.17) is 23.2 Å². The maximum absolute atomic E-state index is 13.0. The molecule has 0 aromatic heterocycles. The summed E-state index contributed by atoms with van der Waals surface area (Å²) in [7, 11) is 0. The fourth-order valence-corrected chi connectivity index (χ4v) is 2.55. The molecule has 0 bridgehead atoms. The molecular formula is C11H12Cl2FN. The van der Waals surface area contributed by atoms with Crippen LogP contribution in [0, 0.1) is 5.82 Å². The molecule has 0 amide bonds. The third kappa shape index (κ3) is 2.06. The van der Waals surface area contributed by atoms with Crippen LogP contribution in [0.15, 0.2) is 18.2 Å². The molecule has 1 atom stereocenters. The summed E-state index contributed by atoms with van der Waals surface area (Å²) >= 11 is 11.6. The molecule has 0 spiro atoms. The normalized spacial score (nSPS) is 19.4. The van der Waals surface area contributed by atoms with Gasteiger partial charge in [-0.05, 0) is 30.2 Å². The molecule has 0 N–H and O–H groups in total. The standard InChI is InChI=1S/C11H12Cl2FN/c12-3-4-15-10(7-13)6-8-5-9(14)1-2-11(8)15/h1-2,5,10H,3-4,6-7H2. The maximum Gasteiger partial charge on any atom is 0.123 e. The number of fused-ring (bicyclic) bond motifs is 1. The maximum atomic E-state index is 13.0. The highest BCUT2D eigenvalue weighted by molar-refractivity contribution is 6.19. The summed E-state index contributed by atoms with van der Waals surface area (Å²) in [5.74, 6) is 0.923. The Morgan fingerprint density at radius 3 is 2.87 bits per heavy atom. The van der Waals surface area contributed by atoms with Crippen molar-refractivity contribution in [2.75, 3.05) is 23.2 Å². The molecular weight excluding hydrogens is 236 g/mol. The van der Waals surface area contributed by atoms with Crippen molar-refractivity contribution in [3.8, 4) is 0 Å². The second-order valence-corrected chi connectivity index (χ2v) is 4.35. The average Bonchev–Trinajstić information content (AvgIpc) is 2.56. The molecule has 1 heterocycles. The fourth-order valence-electron chi connectivity index (χ4n) is 2.09. The Morgan fingerprint density at radius 2 is 2.20 bits per heavy atom. The molecule has 1 aromatic rings. The molecule has 1 unspecified atom stereocenters. The van der Waals surface area contributed by atoms with Gasteiger partial charge in [0.2, 0.25) is 0 Å². The van der Waals surface area contributed by atoms with Crippen LogP contribution in [0.5, 0.6) is 0 Å². The summed E-state index contributed by atoms with van der Waals surface area (Å²) in [6.07, 6.45) is 0.813. The molecule has 0 saturated heterocycles. The first-order chi connectivity index (χ1) is 7.26. The van der Waals surface area contributed by atoms with E-state index in [0.29, 0.717) is 11.8 Å². The minimum atomic E-state index is -0.185. The second-order valence-electron chi connectivity index (χ2n) is 3.67. The zero-order chi connectivity index (χ0) is 10.8. The first-order valence-corrected chi connectivity index (χ1v) is 6.00. The number of hydrogen-bond acceptors (Lipinski definition) is 1. The molecule has 0 saturated carbocycles. The van der Waals surface area contributed by atoms with Gasteiger partial charge < -0.3 is 4.90 Å². The van der Waals surface area contributed by atoms with Crippen molar-refractivity contribution in [3.63, 3.8) is 0 Å². The van der Waals surface area contributed by atoms with Crippen LogP contribution in [0.25, 0.3) is 0 Å². The van der Waals surface area contributed by atoms with Crippen molar-refractivity contribution >= 4 is 28.9 Å². The van der Waals surface area contributed by atoms with Crippen LogP contribution in [0.3, 0.4) is 0 Å². The van der Waals surface area contributed by atoms with Gasteiger partial charge in [-0.1, -0.05) is 0 Å². The van der Waals surface area contributed by atoms with Crippen LogP contribution in [0.1, 0.15) is 5.56 Å². The number of benzene rings is 1. The van der Waals surface area contributed by atoms with Gasteiger partial charge in [0.15, 0.2) is 0 Å². The van der Waals surface area contributed by atoms with Crippen LogP contribution in [0.4, 0.5) is 10.1 Å². The lowest BCUT2D eigenvalue weighted by Gasteiger charge is -2.24. The van der Waals surface area contributed by atoms with E-state index < -0.39 is 0 Å². The minimum absolute atomic E-state index is 0.185. The summed E-state index contributed by atoms with van der Waals surface area (Å²) in [5, 5.41) is 0. The summed E-state index contributed by atoms with van der Waals surface area (Å²) in [4.78, 5) is 2.16. The topological polar surface area (TPSA) is 3.24 Å². The molecule has 1 aliphatic rings. The summed E-state index contributed by atoms with van der Waals surface area (Å²) < 4.78 is 13.0. The zero-order valence-electron chi connectivity index (χ0n) is 8.22. The highest BCUT2D eigenvalue weighted by Gasteiger charge is 2.28. The fraction of sp³-hybridized carbons (Fsp3) is 0.455. The van der Waals surface area contributed by atoms with Crippen LogP contribution in [-0.2, 0) is 6.42 Å². The van der Waals surface area contributed by atoms with Crippen molar-refractivity contribution in [2.45, 2.75) is 12.5 Å². The lowest BCUT2D eigenvalue weighted by atomic mass is 10.1. The van der Waals surface area contributed by atoms with Crippen molar-refractivity contribution in [1.82, 2.24) is 0 Å². The first-order valence-electron chi connectivity index (χ1n) is 4.93. The van der Waals surface area contributed by atoms with Gasteiger partial charge in [-0.25, -0.2) is 4.39 Å². The molecule has 4 heteroatoms. The molecule has 1 aromatic carbocycles. The molecule has 0 aliphatic carbocycles. The van der Waals surface area contributed by atoms with Gasteiger partial charge >= 0.3 is 0 Å². The number of hydrogen-bond donors (Lipinski definition) is 0. The molecule has 0 radical (unpaired) electrons. The van der Waals surface area contributed by atoms with E-state index in [1.807, 2.05) is 6.07 Å². The monoisotopic (exact) mass is 247 g/mol. The Balaban J connectivity index is 2.31. The van der Waals surface area contributed by atoms with E-state index in [2.05, 4.69) is 4.90 Å². The number of halogens is 3. The summed E-state index contributed by atoms with van der Waals surface area (Å²) in [6, 6.07) is 5.13. The molecule has 1 nitrogen and oxygen atoms in total. The Morgan fingerprint density at radius 1 is 1.40 bits per heavy atom. The summed E-state index contributed by atoms with van der Waals surface area (Å²) in [6.45, 7) is 0.761. The number of anilines is 1. The highest BCUT2D eigenvalue weighted by Crippen LogP contribution is 2.32. The van der Waals surface area contributed by atoms with E-state index >= 15 is 0 Å². The predicted octanol–water partition coefficient (Wildman–Crippen LogP) is 3.03. The van der Waals surface area contributed by atoms with Crippen LogP contribution >= 0.6 is 23.2 Å². The van der Waals surface area contributed by atoms with Crippen molar-refractivity contribution in [2.24, 2.45) is 0 Å². The first kappa shape index (κ1) is 11.0. The molecule has 0 fully saturated rings. The molecule has 1 aliphatic heterocycles. The van der Waals surface area contributed by atoms with Gasteiger partial charge in [-0.2, -0.15) is 0 Å². The number of alkyl halides is 2. The zero-order valence-corrected chi connectivity index (χ0v) is 9.73. The average molecular weight is 248 g/mol. The van der Waals surface area contributed by atoms with E-state index in [9.17, 15) is 4.39 Å². The van der Waals surface area contributed by atoms with Crippen LogP contribution in [0.2, 0.25) is 0 Å². The smallest absolute Gasteiger partial charge is 0.123 e. The molecule has 2 rings (SSSR count). The van der Waals surface area contributed by atoms with Gasteiger partial charge in [-0.3, -0.25) is 0 Å². The Kier molecular flexibility index (Phi) is 3.37. The highest BCUT2D eigenvalue weighted by atomic mass is 35.5. The van der Waals surface area contributed by atoms with Crippen LogP contribution < -0.4 is 4.90 Å². The predicted molar refractivity (Wildman–Crippen MR) is 62.7 cm³/mol. The largest absolute Gasteiger partial charge is 0.366 e. The number of nitrogens with zero attached hydrogens (tertiary/aromatic N) is 1. The third-order valence-corrected chi connectivity index (χ3v) is 3.28. The SMILES string of the molecule is Fc1ccc2c(c1)CC(CCl)N2CCCl. The second kappa shape index (κ2) is 4.58. The van der Waals surface area contributed by atoms with Gasteiger partial charge in [0.1, 0.15) is 5.82 Å². The lowest BCUT2D eigenvalue weighted by molar-refractivity contribution is 0.626. The quantitative estimate of drug-likeness (QED) is 0.743. The van der Waals surface area contributed by atoms with Gasteiger partial charge in [0, 0.05) is 30.0 Å². The van der Waals surface area contributed by atoms with Crippen molar-refractivity contribution in [3.05, 3.63) is 29.6 Å². The van der Waals surface area contributed by atoms with Crippen molar-refractivity contribution < 1.29 is 4.39 Å². The van der Waals surface area contributed by atoms with Crippen molar-refractivity contribution in [1.29, 1.82) is 0 Å². The number of rotatable bonds is 3. The van der Waals surface area contributed by atoms with Gasteiger partial charge in [0.25, 0.3) is 0 Å². The minimum Gasteiger partial charge on any atom is -0.366 e. The Labute approximate surface area is 98.8 Å². The van der Waals surface area contributed by atoms with Gasteiger partial charge in [-0.15, -0.1) is 23.2 Å². The van der Waals surface area contributed by atoms with E-state index in [0.717, 1.165) is 24.2 Å². The third-order valence-electron chi connectivity index (χ3n) is 2.75. The lowest BCUT2D eigenvalue weighted by Crippen LogP contribution is -2.34. The van der Waals surface area contributed by atoms with E-state index in [1.165, 1.54) is 6.07 Å². The molecule has 82 valence electrons. The summed E-state index contributed by atoms with van der Waals surface area (Å²) in [5.41, 5.74) is 2.11. The Hall–Kier alpha value is -0.470.